The van der Waals surface area contributed by atoms with Crippen molar-refractivity contribution in [3.8, 4) is 0 Å². The zero-order valence-electron chi connectivity index (χ0n) is 26.1. The number of anilines is 3. The molecule has 1 amide bonds. The highest BCUT2D eigenvalue weighted by Crippen LogP contribution is 2.31. The van der Waals surface area contributed by atoms with Gasteiger partial charge in [-0.05, 0) is 108 Å². The third kappa shape index (κ3) is 8.02. The van der Waals surface area contributed by atoms with Crippen LogP contribution in [0.4, 0.5) is 17.2 Å². The monoisotopic (exact) mass is 583 g/mol. The number of fused-ring (bicyclic) bond motifs is 1. The van der Waals surface area contributed by atoms with Crippen LogP contribution >= 0.6 is 0 Å². The first-order chi connectivity index (χ1) is 20.6. The smallest absolute Gasteiger partial charge is 0.256 e. The molecule has 2 N–H and O–H groups in total. The van der Waals surface area contributed by atoms with Gasteiger partial charge in [-0.2, -0.15) is 0 Å². The number of pyridine rings is 1. The Morgan fingerprint density at radius 1 is 1.07 bits per heavy atom. The Hall–Kier alpha value is -3.72. The topological polar surface area (TPSA) is 82.9 Å². The second-order valence-corrected chi connectivity index (χ2v) is 12.6. The molecule has 0 aliphatic carbocycles. The largest absolute Gasteiger partial charge is 0.389 e. The molecule has 43 heavy (non-hydrogen) atoms. The third-order valence-corrected chi connectivity index (χ3v) is 8.09. The molecule has 0 unspecified atom stereocenters. The molecule has 1 aliphatic rings. The number of carbonyl (C=O) groups excluding carboxylic acids is 1. The summed E-state index contributed by atoms with van der Waals surface area (Å²) in [6, 6.07) is 20.4. The van der Waals surface area contributed by atoms with Crippen LogP contribution in [-0.4, -0.2) is 70.0 Å². The number of likely N-dealkylation sites (tertiary alicyclic amines) is 1. The fourth-order valence-electron chi connectivity index (χ4n) is 5.95. The molecule has 0 bridgehead atoms. The van der Waals surface area contributed by atoms with Gasteiger partial charge in [-0.15, -0.1) is 0 Å². The van der Waals surface area contributed by atoms with Crippen molar-refractivity contribution in [1.82, 2.24) is 14.5 Å². The van der Waals surface area contributed by atoms with Crippen LogP contribution < -0.4 is 10.2 Å². The summed E-state index contributed by atoms with van der Waals surface area (Å²) >= 11 is 0. The highest BCUT2D eigenvalue weighted by atomic mass is 16.5. The van der Waals surface area contributed by atoms with Gasteiger partial charge in [-0.25, -0.2) is 4.98 Å². The van der Waals surface area contributed by atoms with E-state index in [-0.39, 0.29) is 12.0 Å². The minimum atomic E-state index is -0.673. The normalized spacial score (nSPS) is 14.9. The van der Waals surface area contributed by atoms with Crippen molar-refractivity contribution in [3.05, 3.63) is 84.2 Å². The first-order valence-corrected chi connectivity index (χ1v) is 15.3. The number of hydrogen-bond acceptors (Lipinski definition) is 6. The standard InChI is InChI=1S/C35H45N5O3/c1-25(2)43-21-20-40(30-10-11-32-29(22-30)13-17-38(32)5)31-12-16-36-33(23-31)37-34(41)28-8-6-26(7-9-28)27-14-18-39(19-15-27)24-35(3,4)42/h6-13,16-17,22-23,25,27,42H,14-15,18-21,24H2,1-5H3,(H,36,37,41). The van der Waals surface area contributed by atoms with Crippen LogP contribution in [0.25, 0.3) is 10.9 Å². The van der Waals surface area contributed by atoms with E-state index in [4.69, 9.17) is 4.74 Å². The molecule has 8 heteroatoms. The second-order valence-electron chi connectivity index (χ2n) is 12.6. The Morgan fingerprint density at radius 2 is 1.79 bits per heavy atom. The number of hydrogen-bond donors (Lipinski definition) is 2. The number of benzene rings is 2. The van der Waals surface area contributed by atoms with Gasteiger partial charge in [0.25, 0.3) is 5.91 Å². The number of aromatic nitrogens is 2. The fourth-order valence-corrected chi connectivity index (χ4v) is 5.95. The van der Waals surface area contributed by atoms with E-state index in [0.717, 1.165) is 37.3 Å². The van der Waals surface area contributed by atoms with E-state index in [1.54, 1.807) is 6.20 Å². The van der Waals surface area contributed by atoms with E-state index in [2.05, 4.69) is 67.3 Å². The molecular weight excluding hydrogens is 538 g/mol. The number of ether oxygens (including phenoxy) is 1. The third-order valence-electron chi connectivity index (χ3n) is 8.09. The lowest BCUT2D eigenvalue weighted by molar-refractivity contribution is 0.0282. The van der Waals surface area contributed by atoms with Gasteiger partial charge >= 0.3 is 0 Å². The van der Waals surface area contributed by atoms with Crippen molar-refractivity contribution in [1.29, 1.82) is 0 Å². The average Bonchev–Trinajstić information content (AvgIpc) is 3.34. The van der Waals surface area contributed by atoms with Gasteiger partial charge in [0, 0.05) is 66.4 Å². The van der Waals surface area contributed by atoms with Crippen molar-refractivity contribution in [2.45, 2.75) is 58.2 Å². The maximum atomic E-state index is 13.2. The summed E-state index contributed by atoms with van der Waals surface area (Å²) in [6.45, 7) is 11.7. The molecular formula is C35H45N5O3. The van der Waals surface area contributed by atoms with Crippen LogP contribution in [0, 0.1) is 0 Å². The minimum absolute atomic E-state index is 0.142. The Bertz CT molecular complexity index is 1510. The van der Waals surface area contributed by atoms with Crippen molar-refractivity contribution >= 4 is 34.0 Å². The molecule has 4 aromatic rings. The second kappa shape index (κ2) is 13.3. The fraction of sp³-hybridized carbons (Fsp3) is 0.429. The summed E-state index contributed by atoms with van der Waals surface area (Å²) in [5.74, 6) is 0.784. The van der Waals surface area contributed by atoms with E-state index < -0.39 is 5.60 Å². The summed E-state index contributed by atoms with van der Waals surface area (Å²) < 4.78 is 8.01. The predicted molar refractivity (Wildman–Crippen MR) is 174 cm³/mol. The van der Waals surface area contributed by atoms with Gasteiger partial charge < -0.3 is 29.5 Å². The zero-order valence-corrected chi connectivity index (χ0v) is 26.1. The number of rotatable bonds is 11. The Kier molecular flexibility index (Phi) is 9.49. The number of β-amino-alcohol motifs (C(OH)–C–C–N with tert-alkyl or cyclic N) is 1. The number of aryl methyl sites for hydroxylation is 1. The van der Waals surface area contributed by atoms with Crippen molar-refractivity contribution in [2.24, 2.45) is 7.05 Å². The van der Waals surface area contributed by atoms with Crippen LogP contribution in [0.3, 0.4) is 0 Å². The molecule has 0 radical (unpaired) electrons. The number of nitrogens with zero attached hydrogens (tertiary/aromatic N) is 4. The molecule has 1 aliphatic heterocycles. The van der Waals surface area contributed by atoms with Crippen molar-refractivity contribution in [3.63, 3.8) is 0 Å². The summed E-state index contributed by atoms with van der Waals surface area (Å²) in [5, 5.41) is 14.3. The van der Waals surface area contributed by atoms with E-state index in [0.29, 0.717) is 37.0 Å². The molecule has 1 saturated heterocycles. The molecule has 8 nitrogen and oxygen atoms in total. The van der Waals surface area contributed by atoms with Gasteiger partial charge in [0.05, 0.1) is 18.3 Å². The highest BCUT2D eigenvalue weighted by Gasteiger charge is 2.25. The quantitative estimate of drug-likeness (QED) is 0.215. The van der Waals surface area contributed by atoms with Gasteiger partial charge in [0.15, 0.2) is 0 Å². The number of amides is 1. The molecule has 5 rings (SSSR count). The minimum Gasteiger partial charge on any atom is -0.389 e. The maximum Gasteiger partial charge on any atom is 0.256 e. The molecule has 3 heterocycles. The predicted octanol–water partition coefficient (Wildman–Crippen LogP) is 6.34. The van der Waals surface area contributed by atoms with Gasteiger partial charge in [-0.3, -0.25) is 4.79 Å². The summed E-state index contributed by atoms with van der Waals surface area (Å²) in [5.41, 5.74) is 4.34. The van der Waals surface area contributed by atoms with Gasteiger partial charge in [0.1, 0.15) is 5.82 Å². The van der Waals surface area contributed by atoms with Gasteiger partial charge in [-0.1, -0.05) is 12.1 Å². The molecule has 0 spiro atoms. The van der Waals surface area contributed by atoms with Crippen molar-refractivity contribution in [2.75, 3.05) is 43.0 Å². The zero-order chi connectivity index (χ0) is 30.6. The molecule has 228 valence electrons. The summed E-state index contributed by atoms with van der Waals surface area (Å²) in [6.07, 6.45) is 6.04. The van der Waals surface area contributed by atoms with E-state index >= 15 is 0 Å². The van der Waals surface area contributed by atoms with Crippen molar-refractivity contribution < 1.29 is 14.6 Å². The van der Waals surface area contributed by atoms with Gasteiger partial charge in [0.2, 0.25) is 0 Å². The average molecular weight is 584 g/mol. The maximum absolute atomic E-state index is 13.2. The Morgan fingerprint density at radius 3 is 2.49 bits per heavy atom. The first kappa shape index (κ1) is 30.7. The molecule has 1 fully saturated rings. The number of nitrogens with one attached hydrogen (secondary N) is 1. The Balaban J connectivity index is 1.26. The van der Waals surface area contributed by atoms with Crippen LogP contribution in [0.15, 0.2) is 73.1 Å². The molecule has 0 saturated carbocycles. The van der Waals surface area contributed by atoms with Crippen LogP contribution in [0.2, 0.25) is 0 Å². The number of aliphatic hydroxyl groups is 1. The molecule has 0 atom stereocenters. The lowest BCUT2D eigenvalue weighted by Gasteiger charge is -2.35. The highest BCUT2D eigenvalue weighted by molar-refractivity contribution is 6.04. The number of piperidine rings is 1. The van der Waals surface area contributed by atoms with E-state index in [1.807, 2.05) is 59.0 Å². The SMILES string of the molecule is CC(C)OCCN(c1ccnc(NC(=O)c2ccc(C3CCN(CC(C)(C)O)CC3)cc2)c1)c1ccc2c(ccn2C)c1. The van der Waals surface area contributed by atoms with Crippen LogP contribution in [0.1, 0.15) is 62.4 Å². The lowest BCUT2D eigenvalue weighted by atomic mass is 9.88. The van der Waals surface area contributed by atoms with E-state index in [1.165, 1.54) is 16.5 Å². The first-order valence-electron chi connectivity index (χ1n) is 15.3. The van der Waals surface area contributed by atoms with E-state index in [9.17, 15) is 9.90 Å². The van der Waals surface area contributed by atoms with Crippen LogP contribution in [0.5, 0.6) is 0 Å². The van der Waals surface area contributed by atoms with Crippen LogP contribution in [-0.2, 0) is 11.8 Å². The molecule has 2 aromatic carbocycles. The Labute approximate surface area is 255 Å². The summed E-state index contributed by atoms with van der Waals surface area (Å²) in [4.78, 5) is 22.2. The molecule has 2 aromatic heterocycles. The number of carbonyl (C=O) groups is 1. The summed E-state index contributed by atoms with van der Waals surface area (Å²) in [7, 11) is 2.05. The lowest BCUT2D eigenvalue weighted by Crippen LogP contribution is -2.42.